The highest BCUT2D eigenvalue weighted by atomic mass is 35.5. The molecule has 9 heteroatoms. The summed E-state index contributed by atoms with van der Waals surface area (Å²) in [7, 11) is 3.44. The van der Waals surface area contributed by atoms with Crippen molar-refractivity contribution in [3.05, 3.63) is 29.3 Å². The molecule has 1 fully saturated rings. The van der Waals surface area contributed by atoms with E-state index in [0.717, 1.165) is 15.7 Å². The fourth-order valence-corrected chi connectivity index (χ4v) is 3.33. The number of nitrogens with zero attached hydrogens (tertiary/aromatic N) is 2. The minimum absolute atomic E-state index is 0.0499. The Morgan fingerprint density at radius 3 is 2.50 bits per heavy atom. The minimum atomic E-state index is -0.554. The van der Waals surface area contributed by atoms with Crippen LogP contribution in [0.15, 0.2) is 34.2 Å². The summed E-state index contributed by atoms with van der Waals surface area (Å²) < 4.78 is 11.2. The first-order valence-electron chi connectivity index (χ1n) is 9.26. The highest BCUT2D eigenvalue weighted by Gasteiger charge is 2.30. The van der Waals surface area contributed by atoms with Crippen LogP contribution in [0.2, 0.25) is 5.02 Å². The Balaban J connectivity index is 1.79. The number of guanidine groups is 1. The number of amides is 1. The molecule has 7 nitrogen and oxygen atoms in total. The van der Waals surface area contributed by atoms with Crippen LogP contribution in [0.3, 0.4) is 0 Å². The van der Waals surface area contributed by atoms with E-state index in [4.69, 9.17) is 21.1 Å². The van der Waals surface area contributed by atoms with E-state index >= 15 is 0 Å². The molecule has 1 aromatic rings. The van der Waals surface area contributed by atoms with Crippen LogP contribution in [-0.2, 0) is 14.3 Å². The fraction of sp³-hybridized carbons (Fsp3) is 0.579. The topological polar surface area (TPSA) is 75.2 Å². The largest absolute Gasteiger partial charge is 0.356 e. The number of halogens is 1. The van der Waals surface area contributed by atoms with Gasteiger partial charge in [-0.1, -0.05) is 11.6 Å². The maximum Gasteiger partial charge on any atom is 0.243 e. The van der Waals surface area contributed by atoms with Gasteiger partial charge in [0, 0.05) is 49.3 Å². The van der Waals surface area contributed by atoms with E-state index in [9.17, 15) is 4.79 Å². The molecule has 2 N–H and O–H groups in total. The lowest BCUT2D eigenvalue weighted by molar-refractivity contribution is -0.145. The summed E-state index contributed by atoms with van der Waals surface area (Å²) in [6.07, 6.45) is 0.689. The van der Waals surface area contributed by atoms with Crippen LogP contribution in [-0.4, -0.2) is 75.2 Å². The van der Waals surface area contributed by atoms with Crippen molar-refractivity contribution in [2.24, 2.45) is 4.99 Å². The van der Waals surface area contributed by atoms with E-state index in [-0.39, 0.29) is 12.5 Å². The van der Waals surface area contributed by atoms with E-state index in [2.05, 4.69) is 15.6 Å². The number of carbonyl (C=O) groups is 1. The Hall–Kier alpha value is -1.48. The number of benzene rings is 1. The zero-order chi connectivity index (χ0) is 20.4. The Labute approximate surface area is 176 Å². The molecule has 2 rings (SSSR count). The molecule has 1 heterocycles. The molecule has 0 aromatic heterocycles. The highest BCUT2D eigenvalue weighted by Crippen LogP contribution is 2.21. The first-order valence-corrected chi connectivity index (χ1v) is 10.6. The molecular weight excluding hydrogens is 400 g/mol. The van der Waals surface area contributed by atoms with Gasteiger partial charge in [0.1, 0.15) is 6.54 Å². The third-order valence-electron chi connectivity index (χ3n) is 4.12. The smallest absolute Gasteiger partial charge is 0.243 e. The van der Waals surface area contributed by atoms with Crippen molar-refractivity contribution >= 4 is 35.2 Å². The summed E-state index contributed by atoms with van der Waals surface area (Å²) >= 11 is 7.63. The van der Waals surface area contributed by atoms with Crippen molar-refractivity contribution in [1.29, 1.82) is 0 Å². The number of hydrogen-bond donors (Lipinski definition) is 2. The van der Waals surface area contributed by atoms with Gasteiger partial charge in [0.15, 0.2) is 11.7 Å². The zero-order valence-corrected chi connectivity index (χ0v) is 18.2. The third-order valence-corrected chi connectivity index (χ3v) is 5.38. The Morgan fingerprint density at radius 2 is 1.86 bits per heavy atom. The number of nitrogens with one attached hydrogen (secondary N) is 2. The van der Waals surface area contributed by atoms with Gasteiger partial charge in [-0.2, -0.15) is 0 Å². The van der Waals surface area contributed by atoms with Crippen molar-refractivity contribution in [3.63, 3.8) is 0 Å². The van der Waals surface area contributed by atoms with Crippen molar-refractivity contribution in [3.8, 4) is 0 Å². The van der Waals surface area contributed by atoms with Crippen molar-refractivity contribution in [2.45, 2.75) is 24.0 Å². The number of carbonyl (C=O) groups excluding carboxylic acids is 1. The van der Waals surface area contributed by atoms with Crippen LogP contribution in [0.1, 0.15) is 13.3 Å². The predicted octanol–water partition coefficient (Wildman–Crippen LogP) is 2.21. The predicted molar refractivity (Wildman–Crippen MR) is 114 cm³/mol. The van der Waals surface area contributed by atoms with Gasteiger partial charge in [0.25, 0.3) is 0 Å². The van der Waals surface area contributed by atoms with Gasteiger partial charge in [-0.25, -0.2) is 4.99 Å². The molecule has 0 aliphatic carbocycles. The van der Waals surface area contributed by atoms with E-state index in [1.165, 1.54) is 4.90 Å². The van der Waals surface area contributed by atoms with Gasteiger partial charge in [0.05, 0.1) is 13.2 Å². The number of thioether (sulfide) groups is 1. The number of hydrogen-bond acceptors (Lipinski definition) is 5. The fourth-order valence-electron chi connectivity index (χ4n) is 2.44. The molecule has 1 saturated heterocycles. The molecule has 1 aliphatic heterocycles. The Morgan fingerprint density at radius 1 is 1.21 bits per heavy atom. The molecule has 28 heavy (non-hydrogen) atoms. The van der Waals surface area contributed by atoms with Gasteiger partial charge in [0.2, 0.25) is 5.91 Å². The highest BCUT2D eigenvalue weighted by molar-refractivity contribution is 7.99. The summed E-state index contributed by atoms with van der Waals surface area (Å²) in [5, 5.41) is 7.26. The van der Waals surface area contributed by atoms with Crippen molar-refractivity contribution < 1.29 is 14.3 Å². The van der Waals surface area contributed by atoms with E-state index < -0.39 is 5.79 Å². The van der Waals surface area contributed by atoms with Gasteiger partial charge >= 0.3 is 0 Å². The number of ether oxygens (including phenoxy) is 2. The van der Waals surface area contributed by atoms with Gasteiger partial charge in [-0.05, 0) is 31.2 Å². The zero-order valence-electron chi connectivity index (χ0n) is 16.7. The maximum absolute atomic E-state index is 11.8. The number of likely N-dealkylation sites (N-methyl/N-ethyl adjacent to an activating group) is 1. The number of aliphatic imine (C=N–C) groups is 1. The lowest BCUT2D eigenvalue weighted by atomic mass is 10.2. The third kappa shape index (κ3) is 8.26. The Kier molecular flexibility index (Phi) is 9.37. The second-order valence-corrected chi connectivity index (χ2v) is 8.29. The van der Waals surface area contributed by atoms with Crippen molar-refractivity contribution in [2.75, 3.05) is 52.7 Å². The standard InChI is InChI=1S/C19H29ClN4O3S/c1-19(26-11-12-27-19)8-9-21-18(23-14-17(25)24(2)3)22-10-13-28-16-6-4-15(20)5-7-16/h4-7H,8-14H2,1-3H3,(H2,21,22,23). The normalized spacial score (nSPS) is 16.1. The quantitative estimate of drug-likeness (QED) is 0.272. The first-order chi connectivity index (χ1) is 13.4. The van der Waals surface area contributed by atoms with Crippen LogP contribution >= 0.6 is 23.4 Å². The molecule has 0 radical (unpaired) electrons. The lowest BCUT2D eigenvalue weighted by Gasteiger charge is -2.23. The van der Waals surface area contributed by atoms with Gasteiger partial charge in [-0.15, -0.1) is 11.8 Å². The van der Waals surface area contributed by atoms with Crippen LogP contribution in [0.25, 0.3) is 0 Å². The van der Waals surface area contributed by atoms with Crippen LogP contribution in [0, 0.1) is 0 Å². The summed E-state index contributed by atoms with van der Waals surface area (Å²) in [5.74, 6) is 0.857. The molecule has 1 amide bonds. The molecule has 1 aromatic carbocycles. The second kappa shape index (κ2) is 11.5. The monoisotopic (exact) mass is 428 g/mol. The Bertz CT molecular complexity index is 649. The second-order valence-electron chi connectivity index (χ2n) is 6.69. The molecular formula is C19H29ClN4O3S. The van der Waals surface area contributed by atoms with E-state index in [0.29, 0.717) is 38.7 Å². The first kappa shape index (κ1) is 22.8. The molecule has 0 atom stereocenters. The van der Waals surface area contributed by atoms with Crippen molar-refractivity contribution in [1.82, 2.24) is 15.5 Å². The van der Waals surface area contributed by atoms with E-state index in [1.807, 2.05) is 31.2 Å². The number of rotatable bonds is 9. The summed E-state index contributed by atoms with van der Waals surface area (Å²) in [5.41, 5.74) is 0. The summed E-state index contributed by atoms with van der Waals surface area (Å²) in [6, 6.07) is 7.76. The molecule has 0 spiro atoms. The van der Waals surface area contributed by atoms with Crippen LogP contribution in [0.4, 0.5) is 0 Å². The van der Waals surface area contributed by atoms with Crippen LogP contribution in [0.5, 0.6) is 0 Å². The SMILES string of the molecule is CN(C)C(=O)CN=C(NCCSc1ccc(Cl)cc1)NCCC1(C)OCCO1. The van der Waals surface area contributed by atoms with Gasteiger partial charge in [-0.3, -0.25) is 4.79 Å². The lowest BCUT2D eigenvalue weighted by Crippen LogP contribution is -2.42. The molecule has 1 aliphatic rings. The average molecular weight is 429 g/mol. The average Bonchev–Trinajstić information content (AvgIpc) is 3.10. The summed E-state index contributed by atoms with van der Waals surface area (Å²) in [4.78, 5) is 18.9. The molecule has 156 valence electrons. The molecule has 0 unspecified atom stereocenters. The summed E-state index contributed by atoms with van der Waals surface area (Å²) in [6.45, 7) is 4.60. The molecule has 0 saturated carbocycles. The van der Waals surface area contributed by atoms with Gasteiger partial charge < -0.3 is 25.0 Å². The van der Waals surface area contributed by atoms with E-state index in [1.54, 1.807) is 25.9 Å². The molecule has 0 bridgehead atoms. The maximum atomic E-state index is 11.8. The minimum Gasteiger partial charge on any atom is -0.356 e. The van der Waals surface area contributed by atoms with Crippen LogP contribution < -0.4 is 10.6 Å².